The zero-order chi connectivity index (χ0) is 21.6. The van der Waals surface area contributed by atoms with Crippen LogP contribution < -0.4 is 15.2 Å². The Hall–Kier alpha value is -3.15. The molecule has 0 aliphatic carbocycles. The quantitative estimate of drug-likeness (QED) is 0.571. The molecule has 3 aromatic rings. The Morgan fingerprint density at radius 1 is 0.906 bits per heavy atom. The first-order chi connectivity index (χ1) is 15.8. The Morgan fingerprint density at radius 2 is 1.69 bits per heavy atom. The number of hydrazine groups is 1. The molecule has 1 atom stereocenters. The molecular weight excluding hydrogens is 396 g/mol. The number of likely N-dealkylation sites (tertiary alicyclic amines) is 1. The van der Waals surface area contributed by atoms with Gasteiger partial charge in [-0.2, -0.15) is 0 Å². The minimum atomic E-state index is 0.272. The van der Waals surface area contributed by atoms with Crippen LogP contribution in [0.3, 0.4) is 0 Å². The van der Waals surface area contributed by atoms with Crippen LogP contribution in [0.2, 0.25) is 0 Å². The molecule has 3 heterocycles. The van der Waals surface area contributed by atoms with Crippen LogP contribution in [0.4, 0.5) is 5.69 Å². The lowest BCUT2D eigenvalue weighted by Crippen LogP contribution is -2.39. The normalized spacial score (nSPS) is 18.7. The van der Waals surface area contributed by atoms with Gasteiger partial charge in [0.05, 0.1) is 11.7 Å². The van der Waals surface area contributed by atoms with Crippen LogP contribution >= 0.6 is 0 Å². The molecule has 0 bridgehead atoms. The molecule has 0 amide bonds. The molecule has 5 rings (SSSR count). The van der Waals surface area contributed by atoms with Crippen molar-refractivity contribution in [1.82, 2.24) is 15.3 Å². The summed E-state index contributed by atoms with van der Waals surface area (Å²) < 4.78 is 5.95. The van der Waals surface area contributed by atoms with Gasteiger partial charge in [-0.1, -0.05) is 36.4 Å². The van der Waals surface area contributed by atoms with Gasteiger partial charge in [0.1, 0.15) is 12.4 Å². The SMILES string of the molecule is C1=C(CN2CCCC2)C(Cc2cccnc2)NN1c1ccc(OCc2ccccc2)cc1. The molecule has 1 unspecified atom stereocenters. The number of pyridine rings is 1. The summed E-state index contributed by atoms with van der Waals surface area (Å²) in [5.41, 5.74) is 8.67. The van der Waals surface area contributed by atoms with Gasteiger partial charge in [0, 0.05) is 25.1 Å². The number of rotatable bonds is 8. The van der Waals surface area contributed by atoms with Gasteiger partial charge in [-0.05, 0) is 79.4 Å². The molecular formula is C27H30N4O. The van der Waals surface area contributed by atoms with Crippen molar-refractivity contribution in [2.75, 3.05) is 24.6 Å². The summed E-state index contributed by atoms with van der Waals surface area (Å²) in [6, 6.07) is 23.0. The fourth-order valence-corrected chi connectivity index (χ4v) is 4.42. The smallest absolute Gasteiger partial charge is 0.119 e. The molecule has 32 heavy (non-hydrogen) atoms. The van der Waals surface area contributed by atoms with E-state index in [9.17, 15) is 0 Å². The van der Waals surface area contributed by atoms with Gasteiger partial charge in [0.25, 0.3) is 0 Å². The van der Waals surface area contributed by atoms with Crippen molar-refractivity contribution in [1.29, 1.82) is 0 Å². The number of anilines is 1. The van der Waals surface area contributed by atoms with E-state index in [4.69, 9.17) is 4.74 Å². The fraction of sp³-hybridized carbons (Fsp3) is 0.296. The second kappa shape index (κ2) is 9.98. The standard InChI is InChI=1S/C27H30N4O/c1-2-7-22(8-3-1)21-32-26-12-10-25(11-13-26)31-20-24(19-30-15-4-5-16-30)27(29-31)17-23-9-6-14-28-18-23/h1-3,6-14,18,20,27,29H,4-5,15-17,19,21H2. The molecule has 0 saturated carbocycles. The predicted molar refractivity (Wildman–Crippen MR) is 128 cm³/mol. The molecule has 2 aliphatic heterocycles. The Balaban J connectivity index is 1.27. The molecule has 0 radical (unpaired) electrons. The van der Waals surface area contributed by atoms with Gasteiger partial charge in [-0.25, -0.2) is 5.43 Å². The Kier molecular flexibility index (Phi) is 6.47. The summed E-state index contributed by atoms with van der Waals surface area (Å²) in [5.74, 6) is 0.880. The van der Waals surface area contributed by atoms with Gasteiger partial charge in [0.15, 0.2) is 0 Å². The predicted octanol–water partition coefficient (Wildman–Crippen LogP) is 4.58. The summed E-state index contributed by atoms with van der Waals surface area (Å²) in [7, 11) is 0. The third-order valence-electron chi connectivity index (χ3n) is 6.17. The maximum Gasteiger partial charge on any atom is 0.119 e. The molecule has 5 heteroatoms. The van der Waals surface area contributed by atoms with Crippen LogP contribution in [-0.2, 0) is 13.0 Å². The lowest BCUT2D eigenvalue weighted by Gasteiger charge is -2.22. The van der Waals surface area contributed by atoms with Crippen molar-refractivity contribution in [2.45, 2.75) is 31.9 Å². The molecule has 1 saturated heterocycles. The van der Waals surface area contributed by atoms with Gasteiger partial charge < -0.3 is 4.74 Å². The number of hydrogen-bond acceptors (Lipinski definition) is 5. The first-order valence-corrected chi connectivity index (χ1v) is 11.5. The molecule has 164 valence electrons. The van der Waals surface area contributed by atoms with E-state index in [1.54, 1.807) is 0 Å². The van der Waals surface area contributed by atoms with Gasteiger partial charge in [0.2, 0.25) is 0 Å². The van der Waals surface area contributed by atoms with Crippen LogP contribution in [0, 0.1) is 0 Å². The Bertz CT molecular complexity index is 1010. The number of hydrogen-bond donors (Lipinski definition) is 1. The van der Waals surface area contributed by atoms with Crippen LogP contribution in [0.1, 0.15) is 24.0 Å². The first kappa shape index (κ1) is 20.7. The monoisotopic (exact) mass is 426 g/mol. The fourth-order valence-electron chi connectivity index (χ4n) is 4.42. The van der Waals surface area contributed by atoms with E-state index < -0.39 is 0 Å². The summed E-state index contributed by atoms with van der Waals surface area (Å²) in [5, 5.41) is 2.16. The third-order valence-corrected chi connectivity index (χ3v) is 6.17. The summed E-state index contributed by atoms with van der Waals surface area (Å²) in [6.07, 6.45) is 9.63. The largest absolute Gasteiger partial charge is 0.489 e. The second-order valence-corrected chi connectivity index (χ2v) is 8.57. The van der Waals surface area contributed by atoms with E-state index >= 15 is 0 Å². The third kappa shape index (κ3) is 5.18. The van der Waals surface area contributed by atoms with Crippen molar-refractivity contribution >= 4 is 5.69 Å². The topological polar surface area (TPSA) is 40.6 Å². The van der Waals surface area contributed by atoms with Gasteiger partial charge in [-0.15, -0.1) is 0 Å². The maximum absolute atomic E-state index is 5.95. The highest BCUT2D eigenvalue weighted by Gasteiger charge is 2.27. The zero-order valence-electron chi connectivity index (χ0n) is 18.4. The Morgan fingerprint density at radius 3 is 2.44 bits per heavy atom. The van der Waals surface area contributed by atoms with E-state index in [1.165, 1.54) is 42.6 Å². The molecule has 1 aromatic heterocycles. The average molecular weight is 427 g/mol. The number of benzene rings is 2. The van der Waals surface area contributed by atoms with Crippen LogP contribution in [0.15, 0.2) is 90.9 Å². The van der Waals surface area contributed by atoms with Crippen molar-refractivity contribution in [2.24, 2.45) is 0 Å². The Labute approximate surface area is 190 Å². The van der Waals surface area contributed by atoms with Gasteiger partial charge >= 0.3 is 0 Å². The number of nitrogens with zero attached hydrogens (tertiary/aromatic N) is 3. The lowest BCUT2D eigenvalue weighted by molar-refractivity contribution is 0.306. The molecule has 1 fully saturated rings. The molecule has 1 N–H and O–H groups in total. The van der Waals surface area contributed by atoms with Crippen molar-refractivity contribution in [3.05, 3.63) is 102 Å². The van der Waals surface area contributed by atoms with Gasteiger partial charge in [-0.3, -0.25) is 14.9 Å². The lowest BCUT2D eigenvalue weighted by atomic mass is 10.0. The van der Waals surface area contributed by atoms with Crippen molar-refractivity contribution in [3.8, 4) is 5.75 Å². The van der Waals surface area contributed by atoms with Crippen LogP contribution in [0.25, 0.3) is 0 Å². The maximum atomic E-state index is 5.95. The first-order valence-electron chi connectivity index (χ1n) is 11.5. The zero-order valence-corrected chi connectivity index (χ0v) is 18.4. The highest BCUT2D eigenvalue weighted by Crippen LogP contribution is 2.26. The van der Waals surface area contributed by atoms with Crippen molar-refractivity contribution in [3.63, 3.8) is 0 Å². The number of aromatic nitrogens is 1. The highest BCUT2D eigenvalue weighted by atomic mass is 16.5. The molecule has 2 aromatic carbocycles. The second-order valence-electron chi connectivity index (χ2n) is 8.57. The van der Waals surface area contributed by atoms with E-state index in [-0.39, 0.29) is 6.04 Å². The number of nitrogens with one attached hydrogen (secondary N) is 1. The highest BCUT2D eigenvalue weighted by molar-refractivity contribution is 5.53. The summed E-state index contributed by atoms with van der Waals surface area (Å²) >= 11 is 0. The van der Waals surface area contributed by atoms with E-state index in [1.807, 2.05) is 48.8 Å². The van der Waals surface area contributed by atoms with Crippen LogP contribution in [-0.4, -0.2) is 35.6 Å². The molecule has 5 nitrogen and oxygen atoms in total. The molecule has 2 aliphatic rings. The minimum absolute atomic E-state index is 0.272. The number of ether oxygens (including phenoxy) is 1. The average Bonchev–Trinajstić information content (AvgIpc) is 3.50. The van der Waals surface area contributed by atoms with Crippen molar-refractivity contribution < 1.29 is 4.74 Å². The summed E-state index contributed by atoms with van der Waals surface area (Å²) in [4.78, 5) is 6.86. The minimum Gasteiger partial charge on any atom is -0.489 e. The molecule has 0 spiro atoms. The van der Waals surface area contributed by atoms with E-state index in [0.717, 1.165) is 24.4 Å². The summed E-state index contributed by atoms with van der Waals surface area (Å²) in [6.45, 7) is 4.00. The van der Waals surface area contributed by atoms with E-state index in [0.29, 0.717) is 6.61 Å². The van der Waals surface area contributed by atoms with Crippen LogP contribution in [0.5, 0.6) is 5.75 Å². The van der Waals surface area contributed by atoms with E-state index in [2.05, 4.69) is 56.9 Å².